The summed E-state index contributed by atoms with van der Waals surface area (Å²) in [5, 5.41) is 20.8. The minimum absolute atomic E-state index is 0.0847. The van der Waals surface area contributed by atoms with E-state index in [1.165, 1.54) is 13.2 Å². The van der Waals surface area contributed by atoms with Crippen LogP contribution in [0.4, 0.5) is 0 Å². The summed E-state index contributed by atoms with van der Waals surface area (Å²) in [6.07, 6.45) is -0.125. The van der Waals surface area contributed by atoms with Gasteiger partial charge in [-0.15, -0.1) is 0 Å². The average molecular weight is 406 g/mol. The van der Waals surface area contributed by atoms with Crippen molar-refractivity contribution in [1.82, 2.24) is 0 Å². The molecule has 1 heterocycles. The number of aromatic hydroxyl groups is 2. The molecule has 0 aliphatic carbocycles. The summed E-state index contributed by atoms with van der Waals surface area (Å²) in [6.45, 7) is 0. The summed E-state index contributed by atoms with van der Waals surface area (Å²) < 4.78 is 17.0. The Hall–Kier alpha value is -3.67. The predicted octanol–water partition coefficient (Wildman–Crippen LogP) is 4.41. The van der Waals surface area contributed by atoms with Gasteiger partial charge < -0.3 is 24.4 Å². The molecule has 154 valence electrons. The number of rotatable bonds is 5. The normalized spacial score (nSPS) is 15.3. The molecule has 1 aliphatic rings. The second-order valence-corrected chi connectivity index (χ2v) is 7.10. The SMILES string of the molecule is COc1ccc(O)c(Cc2c(OC)cc(O)c3c2O[C@H](c2ccccc2)CC3=O)c1. The molecule has 3 aromatic carbocycles. The highest BCUT2D eigenvalue weighted by Crippen LogP contribution is 2.46. The molecule has 0 saturated heterocycles. The molecule has 3 aromatic rings. The monoisotopic (exact) mass is 406 g/mol. The number of carbonyl (C=O) groups excluding carboxylic acids is 1. The van der Waals surface area contributed by atoms with E-state index in [1.807, 2.05) is 30.3 Å². The van der Waals surface area contributed by atoms with E-state index in [9.17, 15) is 15.0 Å². The smallest absolute Gasteiger partial charge is 0.174 e. The molecular weight excluding hydrogens is 384 g/mol. The van der Waals surface area contributed by atoms with Gasteiger partial charge in [0, 0.05) is 23.6 Å². The third kappa shape index (κ3) is 3.52. The summed E-state index contributed by atoms with van der Waals surface area (Å²) in [4.78, 5) is 12.9. The molecular formula is C24H22O6. The standard InChI is InChI=1S/C24H22O6/c1-28-16-8-9-18(25)15(10-16)11-17-22(29-2)13-20(27)23-19(26)12-21(30-24(17)23)14-6-4-3-5-7-14/h3-10,13,21,25,27H,11-12H2,1-2H3/t21-/m0/s1. The summed E-state index contributed by atoms with van der Waals surface area (Å²) in [5.41, 5.74) is 2.16. The first-order chi connectivity index (χ1) is 14.5. The fraction of sp³-hybridized carbons (Fsp3) is 0.208. The Bertz CT molecular complexity index is 1090. The topological polar surface area (TPSA) is 85.2 Å². The van der Waals surface area contributed by atoms with Gasteiger partial charge in [0.1, 0.15) is 40.4 Å². The van der Waals surface area contributed by atoms with Crippen molar-refractivity contribution in [3.8, 4) is 28.7 Å². The molecule has 0 fully saturated rings. The van der Waals surface area contributed by atoms with Crippen molar-refractivity contribution < 1.29 is 29.2 Å². The van der Waals surface area contributed by atoms with Crippen LogP contribution in [0.2, 0.25) is 0 Å². The molecule has 0 saturated carbocycles. The van der Waals surface area contributed by atoms with Gasteiger partial charge >= 0.3 is 0 Å². The average Bonchev–Trinajstić information content (AvgIpc) is 2.76. The van der Waals surface area contributed by atoms with Gasteiger partial charge in [-0.25, -0.2) is 0 Å². The molecule has 0 aromatic heterocycles. The lowest BCUT2D eigenvalue weighted by molar-refractivity contribution is 0.0842. The van der Waals surface area contributed by atoms with Crippen molar-refractivity contribution in [2.75, 3.05) is 14.2 Å². The number of methoxy groups -OCH3 is 2. The minimum atomic E-state index is -0.477. The Kier molecular flexibility index (Phi) is 5.23. The highest BCUT2D eigenvalue weighted by Gasteiger charge is 2.34. The summed E-state index contributed by atoms with van der Waals surface area (Å²) >= 11 is 0. The number of hydrogen-bond donors (Lipinski definition) is 2. The first-order valence-electron chi connectivity index (χ1n) is 9.55. The van der Waals surface area contributed by atoms with E-state index >= 15 is 0 Å². The summed E-state index contributed by atoms with van der Waals surface area (Å²) in [7, 11) is 3.03. The van der Waals surface area contributed by atoms with Crippen molar-refractivity contribution in [2.24, 2.45) is 0 Å². The summed E-state index contributed by atoms with van der Waals surface area (Å²) in [6, 6.07) is 15.8. The zero-order valence-electron chi connectivity index (χ0n) is 16.7. The van der Waals surface area contributed by atoms with Crippen LogP contribution in [0.1, 0.15) is 39.6 Å². The van der Waals surface area contributed by atoms with E-state index in [1.54, 1.807) is 25.3 Å². The molecule has 1 aliphatic heterocycles. The maximum absolute atomic E-state index is 12.9. The number of phenolic OH excluding ortho intramolecular Hbond substituents is 2. The van der Waals surface area contributed by atoms with Crippen LogP contribution in [0.5, 0.6) is 28.7 Å². The molecule has 0 amide bonds. The largest absolute Gasteiger partial charge is 0.508 e. The van der Waals surface area contributed by atoms with Crippen molar-refractivity contribution >= 4 is 5.78 Å². The van der Waals surface area contributed by atoms with Crippen LogP contribution < -0.4 is 14.2 Å². The molecule has 0 spiro atoms. The third-order valence-corrected chi connectivity index (χ3v) is 5.28. The van der Waals surface area contributed by atoms with E-state index in [-0.39, 0.29) is 41.4 Å². The number of ketones is 1. The first-order valence-corrected chi connectivity index (χ1v) is 9.55. The fourth-order valence-electron chi connectivity index (χ4n) is 3.74. The molecule has 4 rings (SSSR count). The van der Waals surface area contributed by atoms with E-state index in [2.05, 4.69) is 0 Å². The number of Topliss-reactive ketones (excluding diaryl/α,β-unsaturated/α-hetero) is 1. The van der Waals surface area contributed by atoms with E-state index in [0.717, 1.165) is 5.56 Å². The Morgan fingerprint density at radius 2 is 1.77 bits per heavy atom. The van der Waals surface area contributed by atoms with Crippen LogP contribution in [0, 0.1) is 0 Å². The van der Waals surface area contributed by atoms with Crippen LogP contribution in [-0.4, -0.2) is 30.2 Å². The number of phenols is 2. The third-order valence-electron chi connectivity index (χ3n) is 5.28. The molecule has 0 unspecified atom stereocenters. The predicted molar refractivity (Wildman–Crippen MR) is 111 cm³/mol. The van der Waals surface area contributed by atoms with Gasteiger partial charge in [-0.05, 0) is 23.8 Å². The van der Waals surface area contributed by atoms with E-state index in [4.69, 9.17) is 14.2 Å². The molecule has 0 radical (unpaired) electrons. The van der Waals surface area contributed by atoms with Crippen LogP contribution in [0.15, 0.2) is 54.6 Å². The van der Waals surface area contributed by atoms with Gasteiger partial charge in [-0.3, -0.25) is 4.79 Å². The van der Waals surface area contributed by atoms with Gasteiger partial charge in [0.2, 0.25) is 0 Å². The lowest BCUT2D eigenvalue weighted by atomic mass is 9.91. The Morgan fingerprint density at radius 1 is 1.00 bits per heavy atom. The zero-order valence-corrected chi connectivity index (χ0v) is 16.7. The second-order valence-electron chi connectivity index (χ2n) is 7.10. The zero-order chi connectivity index (χ0) is 21.3. The van der Waals surface area contributed by atoms with Crippen LogP contribution in [0.25, 0.3) is 0 Å². The van der Waals surface area contributed by atoms with Crippen molar-refractivity contribution in [2.45, 2.75) is 18.9 Å². The number of benzene rings is 3. The van der Waals surface area contributed by atoms with Crippen molar-refractivity contribution in [1.29, 1.82) is 0 Å². The van der Waals surface area contributed by atoms with Gasteiger partial charge in [0.25, 0.3) is 0 Å². The lowest BCUT2D eigenvalue weighted by Crippen LogP contribution is -2.22. The summed E-state index contributed by atoms with van der Waals surface area (Å²) in [5.74, 6) is 0.933. The Balaban J connectivity index is 1.84. The molecule has 30 heavy (non-hydrogen) atoms. The van der Waals surface area contributed by atoms with Gasteiger partial charge in [-0.2, -0.15) is 0 Å². The van der Waals surface area contributed by atoms with Gasteiger partial charge in [0.05, 0.1) is 20.6 Å². The Labute approximate surface area is 174 Å². The lowest BCUT2D eigenvalue weighted by Gasteiger charge is -2.29. The maximum atomic E-state index is 12.9. The number of fused-ring (bicyclic) bond motifs is 1. The van der Waals surface area contributed by atoms with Gasteiger partial charge in [-0.1, -0.05) is 30.3 Å². The Morgan fingerprint density at radius 3 is 2.47 bits per heavy atom. The molecule has 6 nitrogen and oxygen atoms in total. The molecule has 2 N–H and O–H groups in total. The number of carbonyl (C=O) groups is 1. The minimum Gasteiger partial charge on any atom is -0.508 e. The van der Waals surface area contributed by atoms with Crippen LogP contribution in [0.3, 0.4) is 0 Å². The van der Waals surface area contributed by atoms with E-state index in [0.29, 0.717) is 22.6 Å². The highest BCUT2D eigenvalue weighted by molar-refractivity contribution is 6.03. The van der Waals surface area contributed by atoms with Crippen molar-refractivity contribution in [3.05, 3.63) is 76.9 Å². The molecule has 0 bridgehead atoms. The number of ether oxygens (including phenoxy) is 3. The van der Waals surface area contributed by atoms with Crippen LogP contribution >= 0.6 is 0 Å². The molecule has 1 atom stereocenters. The first kappa shape index (κ1) is 19.6. The van der Waals surface area contributed by atoms with E-state index < -0.39 is 6.10 Å². The number of hydrogen-bond acceptors (Lipinski definition) is 6. The highest BCUT2D eigenvalue weighted by atomic mass is 16.5. The van der Waals surface area contributed by atoms with Crippen LogP contribution in [-0.2, 0) is 6.42 Å². The molecule has 6 heteroatoms. The maximum Gasteiger partial charge on any atom is 0.174 e. The second kappa shape index (κ2) is 7.99. The van der Waals surface area contributed by atoms with Gasteiger partial charge in [0.15, 0.2) is 5.78 Å². The van der Waals surface area contributed by atoms with Crippen molar-refractivity contribution in [3.63, 3.8) is 0 Å². The quantitative estimate of drug-likeness (QED) is 0.653. The fourth-order valence-corrected chi connectivity index (χ4v) is 3.74.